The van der Waals surface area contributed by atoms with Gasteiger partial charge >= 0.3 is 0 Å². The lowest BCUT2D eigenvalue weighted by atomic mass is 10.1. The van der Waals surface area contributed by atoms with E-state index < -0.39 is 0 Å². The number of fused-ring (bicyclic) bond motifs is 1. The van der Waals surface area contributed by atoms with E-state index in [9.17, 15) is 4.79 Å². The number of anilines is 1. The molecule has 0 atom stereocenters. The summed E-state index contributed by atoms with van der Waals surface area (Å²) in [5.41, 5.74) is 7.52. The molecule has 1 aliphatic heterocycles. The summed E-state index contributed by atoms with van der Waals surface area (Å²) in [6.07, 6.45) is 2.54. The molecular formula is C12H12N4OS. The molecule has 92 valence electrons. The highest BCUT2D eigenvalue weighted by atomic mass is 32.1. The minimum absolute atomic E-state index is 0.0628. The van der Waals surface area contributed by atoms with Crippen molar-refractivity contribution in [3.05, 3.63) is 39.8 Å². The number of amides is 1. The zero-order chi connectivity index (χ0) is 12.5. The van der Waals surface area contributed by atoms with E-state index in [4.69, 9.17) is 5.73 Å². The second-order valence-corrected chi connectivity index (χ2v) is 5.10. The normalized spacial score (nSPS) is 14.3. The molecule has 3 rings (SSSR count). The molecule has 0 aliphatic carbocycles. The van der Waals surface area contributed by atoms with E-state index in [0.29, 0.717) is 13.1 Å². The summed E-state index contributed by atoms with van der Waals surface area (Å²) in [6, 6.07) is 3.73. The van der Waals surface area contributed by atoms with Crippen molar-refractivity contribution in [2.45, 2.75) is 13.0 Å². The number of nitrogens with zero attached hydrogens (tertiary/aromatic N) is 3. The van der Waals surface area contributed by atoms with Crippen molar-refractivity contribution in [1.29, 1.82) is 0 Å². The summed E-state index contributed by atoms with van der Waals surface area (Å²) in [4.78, 5) is 23.0. The fraction of sp³-hybridized carbons (Fsp3) is 0.250. The Balaban J connectivity index is 1.84. The fourth-order valence-corrected chi connectivity index (χ4v) is 2.74. The quantitative estimate of drug-likeness (QED) is 0.839. The van der Waals surface area contributed by atoms with Crippen LogP contribution in [-0.2, 0) is 13.0 Å². The van der Waals surface area contributed by atoms with Gasteiger partial charge in [0.25, 0.3) is 5.91 Å². The van der Waals surface area contributed by atoms with Gasteiger partial charge in [-0.3, -0.25) is 4.79 Å². The molecule has 5 nitrogen and oxygen atoms in total. The number of rotatable bonds is 1. The largest absolute Gasteiger partial charge is 0.368 e. The SMILES string of the molecule is Nc1ncc2c(n1)CN(C(=O)c1cccs1)CC2. The number of hydrogen-bond acceptors (Lipinski definition) is 5. The molecule has 2 aromatic rings. The summed E-state index contributed by atoms with van der Waals surface area (Å²) in [7, 11) is 0. The summed E-state index contributed by atoms with van der Waals surface area (Å²) in [5.74, 6) is 0.326. The molecule has 0 spiro atoms. The van der Waals surface area contributed by atoms with Crippen molar-refractivity contribution in [2.24, 2.45) is 0 Å². The fourth-order valence-electron chi connectivity index (χ4n) is 2.05. The maximum absolute atomic E-state index is 12.2. The van der Waals surface area contributed by atoms with Crippen molar-refractivity contribution in [3.63, 3.8) is 0 Å². The molecule has 0 aromatic carbocycles. The van der Waals surface area contributed by atoms with E-state index in [1.165, 1.54) is 11.3 Å². The van der Waals surface area contributed by atoms with E-state index in [1.807, 2.05) is 17.5 Å². The third-order valence-electron chi connectivity index (χ3n) is 2.98. The molecule has 0 bridgehead atoms. The van der Waals surface area contributed by atoms with Gasteiger partial charge in [-0.1, -0.05) is 6.07 Å². The van der Waals surface area contributed by atoms with E-state index >= 15 is 0 Å². The first-order valence-electron chi connectivity index (χ1n) is 5.67. The van der Waals surface area contributed by atoms with Crippen molar-refractivity contribution < 1.29 is 4.79 Å². The number of hydrogen-bond donors (Lipinski definition) is 1. The van der Waals surface area contributed by atoms with Crippen LogP contribution in [0.5, 0.6) is 0 Å². The standard InChI is InChI=1S/C12H12N4OS/c13-12-14-6-8-3-4-16(7-9(8)15-12)11(17)10-2-1-5-18-10/h1-2,5-6H,3-4,7H2,(H2,13,14,15). The minimum Gasteiger partial charge on any atom is -0.368 e. The third kappa shape index (κ3) is 1.95. The monoisotopic (exact) mass is 260 g/mol. The van der Waals surface area contributed by atoms with E-state index in [1.54, 1.807) is 11.1 Å². The maximum atomic E-state index is 12.2. The second-order valence-electron chi connectivity index (χ2n) is 4.15. The Morgan fingerprint density at radius 1 is 1.50 bits per heavy atom. The predicted octanol–water partition coefficient (Wildman–Crippen LogP) is 1.32. The van der Waals surface area contributed by atoms with Gasteiger partial charge in [0.2, 0.25) is 5.95 Å². The van der Waals surface area contributed by atoms with Crippen LogP contribution in [0.3, 0.4) is 0 Å². The lowest BCUT2D eigenvalue weighted by Gasteiger charge is -2.27. The molecule has 1 amide bonds. The van der Waals surface area contributed by atoms with Gasteiger partial charge < -0.3 is 10.6 Å². The first-order chi connectivity index (χ1) is 8.74. The van der Waals surface area contributed by atoms with Crippen molar-refractivity contribution >= 4 is 23.2 Å². The molecule has 0 saturated heterocycles. The molecule has 1 aliphatic rings. The Bertz CT molecular complexity index is 582. The number of aromatic nitrogens is 2. The molecular weight excluding hydrogens is 248 g/mol. The molecule has 2 aromatic heterocycles. The van der Waals surface area contributed by atoms with Gasteiger partial charge in [-0.2, -0.15) is 0 Å². The smallest absolute Gasteiger partial charge is 0.264 e. The predicted molar refractivity (Wildman–Crippen MR) is 69.2 cm³/mol. The molecule has 3 heterocycles. The Hall–Kier alpha value is -1.95. The summed E-state index contributed by atoms with van der Waals surface area (Å²) >= 11 is 1.46. The molecule has 0 radical (unpaired) electrons. The molecule has 0 saturated carbocycles. The van der Waals surface area contributed by atoms with Gasteiger partial charge in [-0.15, -0.1) is 11.3 Å². The average molecular weight is 260 g/mol. The lowest BCUT2D eigenvalue weighted by molar-refractivity contribution is 0.0736. The van der Waals surface area contributed by atoms with Gasteiger partial charge in [0.15, 0.2) is 0 Å². The Morgan fingerprint density at radius 3 is 3.17 bits per heavy atom. The van der Waals surface area contributed by atoms with Crippen LogP contribution < -0.4 is 5.73 Å². The van der Waals surface area contributed by atoms with Crippen LogP contribution in [-0.4, -0.2) is 27.3 Å². The van der Waals surface area contributed by atoms with Crippen LogP contribution in [0.25, 0.3) is 0 Å². The van der Waals surface area contributed by atoms with Crippen molar-refractivity contribution in [1.82, 2.24) is 14.9 Å². The van der Waals surface area contributed by atoms with Gasteiger partial charge in [0, 0.05) is 12.7 Å². The number of nitrogens with two attached hydrogens (primary N) is 1. The number of thiophene rings is 1. The molecule has 2 N–H and O–H groups in total. The number of nitrogen functional groups attached to an aromatic ring is 1. The molecule has 0 unspecified atom stereocenters. The first kappa shape index (κ1) is 11.2. The van der Waals surface area contributed by atoms with E-state index in [0.717, 1.165) is 22.6 Å². The lowest BCUT2D eigenvalue weighted by Crippen LogP contribution is -2.36. The zero-order valence-corrected chi connectivity index (χ0v) is 10.5. The van der Waals surface area contributed by atoms with Crippen molar-refractivity contribution in [3.8, 4) is 0 Å². The average Bonchev–Trinajstić information content (AvgIpc) is 2.90. The van der Waals surface area contributed by atoms with Crippen molar-refractivity contribution in [2.75, 3.05) is 12.3 Å². The molecule has 18 heavy (non-hydrogen) atoms. The number of carbonyl (C=O) groups excluding carboxylic acids is 1. The van der Waals surface area contributed by atoms with Gasteiger partial charge in [0.05, 0.1) is 17.1 Å². The van der Waals surface area contributed by atoms with Crippen LogP contribution in [0.15, 0.2) is 23.7 Å². The zero-order valence-electron chi connectivity index (χ0n) is 9.67. The minimum atomic E-state index is 0.0628. The Morgan fingerprint density at radius 2 is 2.39 bits per heavy atom. The van der Waals surface area contributed by atoms with Gasteiger partial charge in [0.1, 0.15) is 0 Å². The van der Waals surface area contributed by atoms with Crippen LogP contribution in [0, 0.1) is 0 Å². The highest BCUT2D eigenvalue weighted by Gasteiger charge is 2.23. The first-order valence-corrected chi connectivity index (χ1v) is 6.55. The van der Waals surface area contributed by atoms with Crippen LogP contribution >= 0.6 is 11.3 Å². The van der Waals surface area contributed by atoms with E-state index in [2.05, 4.69) is 9.97 Å². The number of carbonyl (C=O) groups is 1. The Labute approximate surface area is 108 Å². The second kappa shape index (κ2) is 4.38. The summed E-state index contributed by atoms with van der Waals surface area (Å²) in [5, 5.41) is 1.91. The van der Waals surface area contributed by atoms with Crippen LogP contribution in [0.1, 0.15) is 20.9 Å². The highest BCUT2D eigenvalue weighted by molar-refractivity contribution is 7.12. The maximum Gasteiger partial charge on any atom is 0.264 e. The van der Waals surface area contributed by atoms with Gasteiger partial charge in [-0.25, -0.2) is 9.97 Å². The molecule has 0 fully saturated rings. The topological polar surface area (TPSA) is 72.1 Å². The highest BCUT2D eigenvalue weighted by Crippen LogP contribution is 2.20. The van der Waals surface area contributed by atoms with Crippen LogP contribution in [0.4, 0.5) is 5.95 Å². The third-order valence-corrected chi connectivity index (χ3v) is 3.84. The summed E-state index contributed by atoms with van der Waals surface area (Å²) < 4.78 is 0. The summed E-state index contributed by atoms with van der Waals surface area (Å²) in [6.45, 7) is 1.22. The van der Waals surface area contributed by atoms with Gasteiger partial charge in [-0.05, 0) is 23.4 Å². The molecule has 6 heteroatoms. The Kier molecular flexibility index (Phi) is 2.71. The van der Waals surface area contributed by atoms with E-state index in [-0.39, 0.29) is 11.9 Å². The van der Waals surface area contributed by atoms with Crippen LogP contribution in [0.2, 0.25) is 0 Å².